The minimum atomic E-state index is -0.0936. The maximum Gasteiger partial charge on any atom is 0.270 e. The first-order valence-corrected chi connectivity index (χ1v) is 9.29. The minimum Gasteiger partial charge on any atom is -0.494 e. The second-order valence-corrected chi connectivity index (χ2v) is 6.94. The molecule has 0 aliphatic heterocycles. The number of carbonyl (C=O) groups is 1. The van der Waals surface area contributed by atoms with Crippen LogP contribution in [0.5, 0.6) is 5.75 Å². The first kappa shape index (κ1) is 22.7. The lowest BCUT2D eigenvalue weighted by Gasteiger charge is -2.26. The Hall–Kier alpha value is -1.34. The predicted molar refractivity (Wildman–Crippen MR) is 111 cm³/mol. The van der Waals surface area contributed by atoms with Gasteiger partial charge >= 0.3 is 0 Å². The predicted octanol–water partition coefficient (Wildman–Crippen LogP) is 4.05. The molecule has 1 amide bonds. The number of halogens is 2. The normalized spacial score (nSPS) is 19.0. The third-order valence-corrected chi connectivity index (χ3v) is 5.15. The van der Waals surface area contributed by atoms with Gasteiger partial charge < -0.3 is 15.8 Å². The zero-order valence-electron chi connectivity index (χ0n) is 14.6. The molecule has 1 aromatic carbocycles. The summed E-state index contributed by atoms with van der Waals surface area (Å²) in [5, 5.41) is 5.73. The first-order valence-electron chi connectivity index (χ1n) is 8.41. The number of carbonyl (C=O) groups excluding carboxylic acids is 1. The number of thiazole rings is 1. The minimum absolute atomic E-state index is 0. The Morgan fingerprint density at radius 2 is 1.88 bits per heavy atom. The lowest BCUT2D eigenvalue weighted by atomic mass is 9.92. The second kappa shape index (κ2) is 10.7. The average molecular weight is 418 g/mol. The lowest BCUT2D eigenvalue weighted by molar-refractivity contribution is 0.0921. The molecule has 1 aliphatic carbocycles. The maximum atomic E-state index is 12.4. The zero-order chi connectivity index (χ0) is 16.9. The summed E-state index contributed by atoms with van der Waals surface area (Å²) in [6.07, 6.45) is 3.84. The van der Waals surface area contributed by atoms with E-state index < -0.39 is 0 Å². The van der Waals surface area contributed by atoms with Crippen molar-refractivity contribution in [2.24, 2.45) is 5.73 Å². The molecule has 1 aliphatic rings. The number of amides is 1. The number of benzene rings is 1. The molecule has 26 heavy (non-hydrogen) atoms. The highest BCUT2D eigenvalue weighted by Crippen LogP contribution is 2.26. The first-order chi connectivity index (χ1) is 11.7. The number of hydrogen-bond acceptors (Lipinski definition) is 5. The summed E-state index contributed by atoms with van der Waals surface area (Å²) < 4.78 is 5.44. The van der Waals surface area contributed by atoms with Gasteiger partial charge in [0.05, 0.1) is 6.61 Å². The third-order valence-electron chi connectivity index (χ3n) is 4.26. The molecule has 1 heterocycles. The van der Waals surface area contributed by atoms with Gasteiger partial charge in [0.15, 0.2) is 0 Å². The van der Waals surface area contributed by atoms with E-state index in [4.69, 9.17) is 10.5 Å². The van der Waals surface area contributed by atoms with Gasteiger partial charge in [0.2, 0.25) is 0 Å². The molecule has 0 radical (unpaired) electrons. The van der Waals surface area contributed by atoms with Crippen molar-refractivity contribution < 1.29 is 9.53 Å². The smallest absolute Gasteiger partial charge is 0.270 e. The Kier molecular flexibility index (Phi) is 9.36. The Balaban J connectivity index is 0.00000169. The van der Waals surface area contributed by atoms with Crippen LogP contribution in [0.4, 0.5) is 0 Å². The number of aromatic nitrogens is 1. The fraction of sp³-hybridized carbons (Fsp3) is 0.444. The largest absolute Gasteiger partial charge is 0.494 e. The van der Waals surface area contributed by atoms with Crippen molar-refractivity contribution in [3.63, 3.8) is 0 Å². The SMILES string of the molecule is CCOc1ccc(-c2nc(C(=O)NC3CCC(N)CC3)cs2)cc1.Cl.Cl. The van der Waals surface area contributed by atoms with Gasteiger partial charge in [-0.1, -0.05) is 0 Å². The molecule has 1 saturated carbocycles. The highest BCUT2D eigenvalue weighted by Gasteiger charge is 2.21. The molecule has 8 heteroatoms. The number of nitrogens with two attached hydrogens (primary N) is 1. The molecular formula is C18H25Cl2N3O2S. The topological polar surface area (TPSA) is 77.2 Å². The van der Waals surface area contributed by atoms with Crippen LogP contribution in [-0.2, 0) is 0 Å². The summed E-state index contributed by atoms with van der Waals surface area (Å²) in [5.41, 5.74) is 7.38. The van der Waals surface area contributed by atoms with Gasteiger partial charge in [-0.15, -0.1) is 36.2 Å². The number of nitrogens with zero attached hydrogens (tertiary/aromatic N) is 1. The molecule has 0 bridgehead atoms. The molecule has 1 aromatic heterocycles. The fourth-order valence-corrected chi connectivity index (χ4v) is 3.70. The maximum absolute atomic E-state index is 12.4. The van der Waals surface area contributed by atoms with Crippen LogP contribution in [0.1, 0.15) is 43.1 Å². The summed E-state index contributed by atoms with van der Waals surface area (Å²) >= 11 is 1.48. The zero-order valence-corrected chi connectivity index (χ0v) is 17.1. The Morgan fingerprint density at radius 3 is 2.50 bits per heavy atom. The van der Waals surface area contributed by atoms with Crippen molar-refractivity contribution >= 4 is 42.1 Å². The van der Waals surface area contributed by atoms with Crippen molar-refractivity contribution in [1.82, 2.24) is 10.3 Å². The monoisotopic (exact) mass is 417 g/mol. The van der Waals surface area contributed by atoms with E-state index in [0.29, 0.717) is 12.3 Å². The van der Waals surface area contributed by atoms with Crippen LogP contribution < -0.4 is 15.8 Å². The van der Waals surface area contributed by atoms with Gasteiger partial charge in [-0.05, 0) is 56.9 Å². The number of hydrogen-bond donors (Lipinski definition) is 2. The van der Waals surface area contributed by atoms with Crippen molar-refractivity contribution in [2.45, 2.75) is 44.7 Å². The Morgan fingerprint density at radius 1 is 1.23 bits per heavy atom. The molecule has 0 spiro atoms. The molecule has 3 N–H and O–H groups in total. The number of nitrogens with one attached hydrogen (secondary N) is 1. The van der Waals surface area contributed by atoms with Crippen LogP contribution in [0.2, 0.25) is 0 Å². The van der Waals surface area contributed by atoms with Crippen molar-refractivity contribution in [2.75, 3.05) is 6.61 Å². The van der Waals surface area contributed by atoms with E-state index >= 15 is 0 Å². The summed E-state index contributed by atoms with van der Waals surface area (Å²) in [6.45, 7) is 2.60. The summed E-state index contributed by atoms with van der Waals surface area (Å²) in [4.78, 5) is 16.8. The molecule has 3 rings (SSSR count). The van der Waals surface area contributed by atoms with E-state index in [1.807, 2.05) is 36.6 Å². The van der Waals surface area contributed by atoms with Crippen LogP contribution in [0, 0.1) is 0 Å². The van der Waals surface area contributed by atoms with Gasteiger partial charge in [-0.2, -0.15) is 0 Å². The van der Waals surface area contributed by atoms with E-state index in [0.717, 1.165) is 42.0 Å². The standard InChI is InChI=1S/C18H23N3O2S.2ClH/c1-2-23-15-9-3-12(4-10-15)18-21-16(11-24-18)17(22)20-14-7-5-13(19)6-8-14;;/h3-4,9-11,13-14H,2,5-8,19H2,1H3,(H,20,22);2*1H. The van der Waals surface area contributed by atoms with Crippen LogP contribution in [0.25, 0.3) is 10.6 Å². The van der Waals surface area contributed by atoms with Crippen molar-refractivity contribution in [1.29, 1.82) is 0 Å². The van der Waals surface area contributed by atoms with Gasteiger partial charge in [0, 0.05) is 23.0 Å². The molecule has 0 atom stereocenters. The van der Waals surface area contributed by atoms with E-state index in [1.54, 1.807) is 0 Å². The average Bonchev–Trinajstić information content (AvgIpc) is 3.08. The van der Waals surface area contributed by atoms with Gasteiger partial charge in [0.25, 0.3) is 5.91 Å². The molecule has 5 nitrogen and oxygen atoms in total. The summed E-state index contributed by atoms with van der Waals surface area (Å²) in [7, 11) is 0. The van der Waals surface area contributed by atoms with E-state index in [-0.39, 0.29) is 42.8 Å². The number of ether oxygens (including phenoxy) is 1. The van der Waals surface area contributed by atoms with E-state index in [1.165, 1.54) is 11.3 Å². The third kappa shape index (κ3) is 5.84. The fourth-order valence-electron chi connectivity index (χ4n) is 2.89. The van der Waals surface area contributed by atoms with Gasteiger partial charge in [-0.25, -0.2) is 4.98 Å². The summed E-state index contributed by atoms with van der Waals surface area (Å²) in [5.74, 6) is 0.746. The van der Waals surface area contributed by atoms with Gasteiger partial charge in [-0.3, -0.25) is 4.79 Å². The molecule has 0 unspecified atom stereocenters. The second-order valence-electron chi connectivity index (χ2n) is 6.08. The number of rotatable bonds is 5. The van der Waals surface area contributed by atoms with Crippen LogP contribution in [0.15, 0.2) is 29.6 Å². The molecular weight excluding hydrogens is 393 g/mol. The van der Waals surface area contributed by atoms with Crippen LogP contribution >= 0.6 is 36.2 Å². The molecule has 1 fully saturated rings. The highest BCUT2D eigenvalue weighted by molar-refractivity contribution is 7.13. The van der Waals surface area contributed by atoms with Crippen LogP contribution in [0.3, 0.4) is 0 Å². The highest BCUT2D eigenvalue weighted by atomic mass is 35.5. The molecule has 0 saturated heterocycles. The molecule has 2 aromatic rings. The van der Waals surface area contributed by atoms with Crippen molar-refractivity contribution in [3.05, 3.63) is 35.3 Å². The summed E-state index contributed by atoms with van der Waals surface area (Å²) in [6, 6.07) is 8.27. The Bertz CT molecular complexity index is 686. The molecule has 144 valence electrons. The van der Waals surface area contributed by atoms with Crippen molar-refractivity contribution in [3.8, 4) is 16.3 Å². The van der Waals surface area contributed by atoms with E-state index in [2.05, 4.69) is 10.3 Å². The lowest BCUT2D eigenvalue weighted by Crippen LogP contribution is -2.40. The van der Waals surface area contributed by atoms with Gasteiger partial charge in [0.1, 0.15) is 16.5 Å². The van der Waals surface area contributed by atoms with Crippen LogP contribution in [-0.4, -0.2) is 29.6 Å². The Labute approximate surface area is 170 Å². The van der Waals surface area contributed by atoms with E-state index in [9.17, 15) is 4.79 Å². The quantitative estimate of drug-likeness (QED) is 0.768.